The van der Waals surface area contributed by atoms with Crippen molar-refractivity contribution in [1.29, 1.82) is 0 Å². The highest BCUT2D eigenvalue weighted by Crippen LogP contribution is 2.35. The lowest BCUT2D eigenvalue weighted by Crippen LogP contribution is -2.31. The standard InChI is InChI=1S/C17H23NO3/c1-20-14-6-7-17-15(10-14)16(3-2-8-21-17)18-13-5-4-12(9-13)11-19/h4-7,10,12-13,16,18-19H,2-3,8-9,11H2,1H3/t12-,13+,16+/m0/s1. The molecule has 1 aromatic carbocycles. The molecule has 0 fully saturated rings. The van der Waals surface area contributed by atoms with Gasteiger partial charge in [0.25, 0.3) is 0 Å². The van der Waals surface area contributed by atoms with E-state index in [1.165, 1.54) is 5.56 Å². The first kappa shape index (κ1) is 14.4. The van der Waals surface area contributed by atoms with Gasteiger partial charge in [-0.1, -0.05) is 12.2 Å². The Morgan fingerprint density at radius 2 is 2.29 bits per heavy atom. The Labute approximate surface area is 125 Å². The molecule has 4 nitrogen and oxygen atoms in total. The summed E-state index contributed by atoms with van der Waals surface area (Å²) in [5.41, 5.74) is 1.17. The van der Waals surface area contributed by atoms with Crippen molar-refractivity contribution in [1.82, 2.24) is 5.32 Å². The monoisotopic (exact) mass is 289 g/mol. The molecule has 0 spiro atoms. The Bertz CT molecular complexity index is 515. The molecular formula is C17H23NO3. The van der Waals surface area contributed by atoms with Gasteiger partial charge < -0.3 is 19.9 Å². The molecule has 114 valence electrons. The number of benzene rings is 1. The van der Waals surface area contributed by atoms with Gasteiger partial charge in [-0.05, 0) is 37.5 Å². The van der Waals surface area contributed by atoms with Crippen LogP contribution in [0.1, 0.15) is 30.9 Å². The van der Waals surface area contributed by atoms with Gasteiger partial charge in [-0.3, -0.25) is 0 Å². The van der Waals surface area contributed by atoms with Crippen molar-refractivity contribution in [3.63, 3.8) is 0 Å². The third kappa shape index (κ3) is 3.22. The van der Waals surface area contributed by atoms with Crippen LogP contribution < -0.4 is 14.8 Å². The predicted molar refractivity (Wildman–Crippen MR) is 81.7 cm³/mol. The number of fused-ring (bicyclic) bond motifs is 1. The fourth-order valence-electron chi connectivity index (χ4n) is 3.15. The quantitative estimate of drug-likeness (QED) is 0.836. The summed E-state index contributed by atoms with van der Waals surface area (Å²) in [5, 5.41) is 12.9. The molecule has 1 aliphatic heterocycles. The lowest BCUT2D eigenvalue weighted by Gasteiger charge is -2.23. The van der Waals surface area contributed by atoms with E-state index in [9.17, 15) is 5.11 Å². The van der Waals surface area contributed by atoms with Gasteiger partial charge in [-0.15, -0.1) is 0 Å². The van der Waals surface area contributed by atoms with E-state index in [0.717, 1.165) is 37.4 Å². The van der Waals surface area contributed by atoms with Crippen LogP contribution >= 0.6 is 0 Å². The van der Waals surface area contributed by atoms with Gasteiger partial charge in [0.2, 0.25) is 0 Å². The normalized spacial score (nSPS) is 27.8. The van der Waals surface area contributed by atoms with Crippen LogP contribution in [0, 0.1) is 5.92 Å². The number of nitrogens with one attached hydrogen (secondary N) is 1. The molecule has 0 saturated heterocycles. The molecule has 1 aliphatic carbocycles. The maximum Gasteiger partial charge on any atom is 0.124 e. The molecule has 0 radical (unpaired) electrons. The van der Waals surface area contributed by atoms with Crippen molar-refractivity contribution in [2.24, 2.45) is 5.92 Å². The van der Waals surface area contributed by atoms with Crippen LogP contribution in [0.15, 0.2) is 30.4 Å². The van der Waals surface area contributed by atoms with E-state index in [0.29, 0.717) is 6.04 Å². The maximum atomic E-state index is 9.25. The summed E-state index contributed by atoms with van der Waals surface area (Å²) >= 11 is 0. The Morgan fingerprint density at radius 3 is 3.05 bits per heavy atom. The summed E-state index contributed by atoms with van der Waals surface area (Å²) in [4.78, 5) is 0. The van der Waals surface area contributed by atoms with Gasteiger partial charge >= 0.3 is 0 Å². The van der Waals surface area contributed by atoms with Crippen molar-refractivity contribution in [3.8, 4) is 11.5 Å². The highest BCUT2D eigenvalue weighted by Gasteiger charge is 2.25. The molecule has 0 bridgehead atoms. The molecule has 0 saturated carbocycles. The molecule has 3 atom stereocenters. The van der Waals surface area contributed by atoms with Gasteiger partial charge in [0.05, 0.1) is 13.7 Å². The second-order valence-electron chi connectivity index (χ2n) is 5.78. The molecule has 0 unspecified atom stereocenters. The Balaban J connectivity index is 1.78. The van der Waals surface area contributed by atoms with Crippen molar-refractivity contribution in [2.75, 3.05) is 20.3 Å². The molecule has 1 heterocycles. The number of aliphatic hydroxyl groups excluding tert-OH is 1. The smallest absolute Gasteiger partial charge is 0.124 e. The molecule has 0 aromatic heterocycles. The lowest BCUT2D eigenvalue weighted by atomic mass is 10.00. The number of methoxy groups -OCH3 is 1. The molecule has 2 N–H and O–H groups in total. The van der Waals surface area contributed by atoms with Crippen molar-refractivity contribution < 1.29 is 14.6 Å². The molecule has 21 heavy (non-hydrogen) atoms. The van der Waals surface area contributed by atoms with Crippen LogP contribution in [0.3, 0.4) is 0 Å². The largest absolute Gasteiger partial charge is 0.497 e. The van der Waals surface area contributed by atoms with E-state index in [4.69, 9.17) is 9.47 Å². The summed E-state index contributed by atoms with van der Waals surface area (Å²) in [6.07, 6.45) is 7.33. The van der Waals surface area contributed by atoms with Gasteiger partial charge in [-0.2, -0.15) is 0 Å². The molecule has 4 heteroatoms. The van der Waals surface area contributed by atoms with E-state index in [-0.39, 0.29) is 18.6 Å². The first-order chi connectivity index (χ1) is 10.3. The van der Waals surface area contributed by atoms with Gasteiger partial charge in [0.1, 0.15) is 11.5 Å². The SMILES string of the molecule is COc1ccc2c(c1)[C@H](N[C@@H]1C=C[C@H](CO)C1)CCCO2. The van der Waals surface area contributed by atoms with E-state index in [2.05, 4.69) is 23.5 Å². The summed E-state index contributed by atoms with van der Waals surface area (Å²) < 4.78 is 11.2. The topological polar surface area (TPSA) is 50.7 Å². The Morgan fingerprint density at radius 1 is 1.38 bits per heavy atom. The summed E-state index contributed by atoms with van der Waals surface area (Å²) in [6, 6.07) is 6.60. The number of hydrogen-bond donors (Lipinski definition) is 2. The zero-order chi connectivity index (χ0) is 14.7. The van der Waals surface area contributed by atoms with E-state index in [1.807, 2.05) is 12.1 Å². The summed E-state index contributed by atoms with van der Waals surface area (Å²) in [5.74, 6) is 2.10. The van der Waals surface area contributed by atoms with Crippen LogP contribution in [-0.4, -0.2) is 31.5 Å². The van der Waals surface area contributed by atoms with Crippen LogP contribution in [0.25, 0.3) is 0 Å². The first-order valence-corrected chi connectivity index (χ1v) is 7.66. The fraction of sp³-hybridized carbons (Fsp3) is 0.529. The van der Waals surface area contributed by atoms with E-state index in [1.54, 1.807) is 7.11 Å². The average Bonchev–Trinajstić information content (AvgIpc) is 2.88. The minimum absolute atomic E-state index is 0.229. The maximum absolute atomic E-state index is 9.25. The van der Waals surface area contributed by atoms with Crippen molar-refractivity contribution in [3.05, 3.63) is 35.9 Å². The minimum atomic E-state index is 0.229. The third-order valence-electron chi connectivity index (χ3n) is 4.31. The molecule has 0 amide bonds. The summed E-state index contributed by atoms with van der Waals surface area (Å²) in [7, 11) is 1.69. The minimum Gasteiger partial charge on any atom is -0.497 e. The fourth-order valence-corrected chi connectivity index (χ4v) is 3.15. The van der Waals surface area contributed by atoms with Crippen molar-refractivity contribution >= 4 is 0 Å². The third-order valence-corrected chi connectivity index (χ3v) is 4.31. The molecule has 1 aromatic rings. The van der Waals surface area contributed by atoms with Crippen molar-refractivity contribution in [2.45, 2.75) is 31.3 Å². The van der Waals surface area contributed by atoms with E-state index < -0.39 is 0 Å². The van der Waals surface area contributed by atoms with Gasteiger partial charge in [0, 0.05) is 30.2 Å². The Kier molecular flexibility index (Phi) is 4.46. The van der Waals surface area contributed by atoms with Crippen LogP contribution in [0.4, 0.5) is 0 Å². The second kappa shape index (κ2) is 6.50. The number of rotatable bonds is 4. The van der Waals surface area contributed by atoms with E-state index >= 15 is 0 Å². The first-order valence-electron chi connectivity index (χ1n) is 7.66. The highest BCUT2D eigenvalue weighted by atomic mass is 16.5. The van der Waals surface area contributed by atoms with Crippen LogP contribution in [0.5, 0.6) is 11.5 Å². The summed E-state index contributed by atoms with van der Waals surface area (Å²) in [6.45, 7) is 0.990. The zero-order valence-electron chi connectivity index (χ0n) is 12.4. The molecule has 2 aliphatic rings. The number of aliphatic hydroxyl groups is 1. The number of ether oxygens (including phenoxy) is 2. The second-order valence-corrected chi connectivity index (χ2v) is 5.78. The van der Waals surface area contributed by atoms with Crippen LogP contribution in [-0.2, 0) is 0 Å². The zero-order valence-corrected chi connectivity index (χ0v) is 12.4. The molecule has 3 rings (SSSR count). The Hall–Kier alpha value is -1.52. The molecular weight excluding hydrogens is 266 g/mol. The predicted octanol–water partition coefficient (Wildman–Crippen LogP) is 2.44. The highest BCUT2D eigenvalue weighted by molar-refractivity contribution is 5.43. The van der Waals surface area contributed by atoms with Crippen LogP contribution in [0.2, 0.25) is 0 Å². The lowest BCUT2D eigenvalue weighted by molar-refractivity contribution is 0.244. The number of hydrogen-bond acceptors (Lipinski definition) is 4. The van der Waals surface area contributed by atoms with Gasteiger partial charge in [0.15, 0.2) is 0 Å². The average molecular weight is 289 g/mol. The van der Waals surface area contributed by atoms with Gasteiger partial charge in [-0.25, -0.2) is 0 Å².